The molecule has 0 aliphatic carbocycles. The highest BCUT2D eigenvalue weighted by molar-refractivity contribution is 9.10. The van der Waals surface area contributed by atoms with Gasteiger partial charge >= 0.3 is 6.03 Å². The first-order valence-corrected chi connectivity index (χ1v) is 8.04. The van der Waals surface area contributed by atoms with Crippen molar-refractivity contribution in [2.24, 2.45) is 5.92 Å². The van der Waals surface area contributed by atoms with Gasteiger partial charge in [-0.3, -0.25) is 4.79 Å². The maximum Gasteiger partial charge on any atom is 0.319 e. The van der Waals surface area contributed by atoms with Crippen LogP contribution in [0.3, 0.4) is 0 Å². The third-order valence-electron chi connectivity index (χ3n) is 2.89. The number of amides is 3. The zero-order valence-corrected chi connectivity index (χ0v) is 14.6. The smallest absolute Gasteiger partial charge is 0.319 e. The van der Waals surface area contributed by atoms with E-state index >= 15 is 0 Å². The number of carbonyl (C=O) groups excluding carboxylic acids is 2. The molecule has 7 nitrogen and oxygen atoms in total. The fourth-order valence-electron chi connectivity index (χ4n) is 1.88. The van der Waals surface area contributed by atoms with Crippen LogP contribution in [0.4, 0.5) is 10.5 Å². The molecular formula is C15H22BrN3O4. The number of nitrogens with one attached hydrogen (secondary N) is 3. The van der Waals surface area contributed by atoms with Gasteiger partial charge in [-0.25, -0.2) is 4.79 Å². The lowest BCUT2D eigenvalue weighted by atomic mass is 10.0. The summed E-state index contributed by atoms with van der Waals surface area (Å²) in [7, 11) is 0. The molecule has 0 unspecified atom stereocenters. The van der Waals surface area contributed by atoms with Crippen LogP contribution in [-0.4, -0.2) is 41.0 Å². The van der Waals surface area contributed by atoms with E-state index in [1.165, 1.54) is 0 Å². The van der Waals surface area contributed by atoms with Gasteiger partial charge in [0.1, 0.15) is 6.04 Å². The summed E-state index contributed by atoms with van der Waals surface area (Å²) >= 11 is 3.30. The Labute approximate surface area is 143 Å². The largest absolute Gasteiger partial charge is 0.367 e. The molecule has 23 heavy (non-hydrogen) atoms. The van der Waals surface area contributed by atoms with E-state index in [2.05, 4.69) is 31.9 Å². The molecule has 3 amide bonds. The number of hydrogen-bond acceptors (Lipinski definition) is 4. The first-order valence-electron chi connectivity index (χ1n) is 7.25. The molecule has 1 aromatic carbocycles. The summed E-state index contributed by atoms with van der Waals surface area (Å²) < 4.78 is 0.892. The van der Waals surface area contributed by atoms with Gasteiger partial charge in [-0.05, 0) is 36.6 Å². The Morgan fingerprint density at radius 1 is 1.17 bits per heavy atom. The molecule has 0 aromatic heterocycles. The highest BCUT2D eigenvalue weighted by Crippen LogP contribution is 2.14. The Hall–Kier alpha value is -1.64. The standard InChI is InChI=1S/C15H22BrN3O4/c1-9(2)7-12(14(22)17-8-13(20)21)19-15(23)18-11-5-3-10(16)4-6-11/h3-6,9,12-13,20-21H,7-8H2,1-2H3,(H,17,22)(H2,18,19,23)/t12-/m0/s1. The van der Waals surface area contributed by atoms with E-state index in [9.17, 15) is 9.59 Å². The second-order valence-corrected chi connectivity index (χ2v) is 6.43. The Balaban J connectivity index is 2.62. The van der Waals surface area contributed by atoms with Gasteiger partial charge in [0.25, 0.3) is 0 Å². The van der Waals surface area contributed by atoms with Crippen LogP contribution >= 0.6 is 15.9 Å². The van der Waals surface area contributed by atoms with E-state index in [-0.39, 0.29) is 12.5 Å². The van der Waals surface area contributed by atoms with Crippen LogP contribution in [0.1, 0.15) is 20.3 Å². The van der Waals surface area contributed by atoms with Crippen molar-refractivity contribution in [3.8, 4) is 0 Å². The zero-order chi connectivity index (χ0) is 17.4. The molecule has 0 aliphatic heterocycles. The first-order chi connectivity index (χ1) is 10.8. The van der Waals surface area contributed by atoms with Gasteiger partial charge in [0.15, 0.2) is 6.29 Å². The molecule has 1 atom stereocenters. The molecule has 0 saturated carbocycles. The minimum Gasteiger partial charge on any atom is -0.367 e. The normalized spacial score (nSPS) is 12.1. The van der Waals surface area contributed by atoms with Crippen molar-refractivity contribution >= 4 is 33.6 Å². The highest BCUT2D eigenvalue weighted by Gasteiger charge is 2.22. The number of anilines is 1. The van der Waals surface area contributed by atoms with Gasteiger partial charge in [0.2, 0.25) is 5.91 Å². The first kappa shape index (κ1) is 19.4. The number of aliphatic hydroxyl groups is 2. The molecule has 0 radical (unpaired) electrons. The van der Waals surface area contributed by atoms with Crippen LogP contribution in [0.25, 0.3) is 0 Å². The summed E-state index contributed by atoms with van der Waals surface area (Å²) in [6, 6.07) is 5.77. The molecule has 8 heteroatoms. The molecule has 0 saturated heterocycles. The second kappa shape index (κ2) is 9.49. The number of aliphatic hydroxyl groups excluding tert-OH is 1. The van der Waals surface area contributed by atoms with E-state index in [4.69, 9.17) is 10.2 Å². The Kier molecular flexibility index (Phi) is 8.01. The quantitative estimate of drug-likeness (QED) is 0.455. The summed E-state index contributed by atoms with van der Waals surface area (Å²) in [6.45, 7) is 3.56. The van der Waals surface area contributed by atoms with Crippen molar-refractivity contribution in [3.63, 3.8) is 0 Å². The molecule has 0 bridgehead atoms. The van der Waals surface area contributed by atoms with Gasteiger partial charge in [-0.15, -0.1) is 0 Å². The van der Waals surface area contributed by atoms with Crippen molar-refractivity contribution in [1.29, 1.82) is 0 Å². The lowest BCUT2D eigenvalue weighted by Crippen LogP contribution is -2.50. The number of rotatable bonds is 7. The molecule has 0 spiro atoms. The molecule has 5 N–H and O–H groups in total. The molecule has 128 valence electrons. The molecule has 1 aromatic rings. The number of benzene rings is 1. The third-order valence-corrected chi connectivity index (χ3v) is 3.42. The number of carbonyl (C=O) groups is 2. The van der Waals surface area contributed by atoms with Crippen molar-refractivity contribution < 1.29 is 19.8 Å². The Morgan fingerprint density at radius 2 is 1.78 bits per heavy atom. The summed E-state index contributed by atoms with van der Waals surface area (Å²) in [6.07, 6.45) is -1.20. The van der Waals surface area contributed by atoms with Crippen LogP contribution in [0.2, 0.25) is 0 Å². The van der Waals surface area contributed by atoms with Crippen LogP contribution < -0.4 is 16.0 Å². The van der Waals surface area contributed by atoms with Gasteiger partial charge in [-0.1, -0.05) is 29.8 Å². The van der Waals surface area contributed by atoms with E-state index in [1.807, 2.05) is 13.8 Å². The number of urea groups is 1. The molecular weight excluding hydrogens is 366 g/mol. The Bertz CT molecular complexity index is 520. The van der Waals surface area contributed by atoms with Crippen LogP contribution in [0.5, 0.6) is 0 Å². The van der Waals surface area contributed by atoms with Gasteiger partial charge in [-0.2, -0.15) is 0 Å². The average Bonchev–Trinajstić information content (AvgIpc) is 2.46. The third kappa shape index (κ3) is 7.96. The number of halogens is 1. The summed E-state index contributed by atoms with van der Waals surface area (Å²) in [5.74, 6) is -0.282. The summed E-state index contributed by atoms with van der Waals surface area (Å²) in [5, 5.41) is 25.2. The average molecular weight is 388 g/mol. The topological polar surface area (TPSA) is 111 Å². The minimum atomic E-state index is -1.63. The van der Waals surface area contributed by atoms with Crippen molar-refractivity contribution in [3.05, 3.63) is 28.7 Å². The fourth-order valence-corrected chi connectivity index (χ4v) is 2.14. The van der Waals surface area contributed by atoms with E-state index < -0.39 is 24.3 Å². The molecule has 0 heterocycles. The zero-order valence-electron chi connectivity index (χ0n) is 13.0. The lowest BCUT2D eigenvalue weighted by Gasteiger charge is -2.20. The fraction of sp³-hybridized carbons (Fsp3) is 0.467. The predicted octanol–water partition coefficient (Wildman–Crippen LogP) is 1.41. The molecule has 1 rings (SSSR count). The molecule has 0 fully saturated rings. The summed E-state index contributed by atoms with van der Waals surface area (Å²) in [4.78, 5) is 24.1. The number of hydrogen-bond donors (Lipinski definition) is 5. The maximum absolute atomic E-state index is 12.0. The van der Waals surface area contributed by atoms with Gasteiger partial charge in [0.05, 0.1) is 6.54 Å². The predicted molar refractivity (Wildman–Crippen MR) is 90.8 cm³/mol. The van der Waals surface area contributed by atoms with E-state index in [1.54, 1.807) is 24.3 Å². The minimum absolute atomic E-state index is 0.179. The van der Waals surface area contributed by atoms with Gasteiger partial charge < -0.3 is 26.2 Å². The van der Waals surface area contributed by atoms with Crippen LogP contribution in [0.15, 0.2) is 28.7 Å². The van der Waals surface area contributed by atoms with E-state index in [0.717, 1.165) is 4.47 Å². The monoisotopic (exact) mass is 387 g/mol. The highest BCUT2D eigenvalue weighted by atomic mass is 79.9. The van der Waals surface area contributed by atoms with Crippen molar-refractivity contribution in [2.45, 2.75) is 32.6 Å². The van der Waals surface area contributed by atoms with Crippen molar-refractivity contribution in [2.75, 3.05) is 11.9 Å². The van der Waals surface area contributed by atoms with E-state index in [0.29, 0.717) is 12.1 Å². The SMILES string of the molecule is CC(C)C[C@H](NC(=O)Nc1ccc(Br)cc1)C(=O)NCC(O)O. The van der Waals surface area contributed by atoms with Gasteiger partial charge in [0, 0.05) is 10.2 Å². The van der Waals surface area contributed by atoms with Crippen LogP contribution in [0, 0.1) is 5.92 Å². The van der Waals surface area contributed by atoms with Crippen LogP contribution in [-0.2, 0) is 4.79 Å². The van der Waals surface area contributed by atoms with Crippen molar-refractivity contribution in [1.82, 2.24) is 10.6 Å². The Morgan fingerprint density at radius 3 is 2.30 bits per heavy atom. The lowest BCUT2D eigenvalue weighted by molar-refractivity contribution is -0.125. The summed E-state index contributed by atoms with van der Waals surface area (Å²) in [5.41, 5.74) is 0.597. The maximum atomic E-state index is 12.0. The molecule has 0 aliphatic rings. The second-order valence-electron chi connectivity index (χ2n) is 5.51.